The Hall–Kier alpha value is -0.640. The molecular weight excluding hydrogens is 216 g/mol. The van der Waals surface area contributed by atoms with Crippen LogP contribution >= 0.6 is 22.9 Å². The van der Waals surface area contributed by atoms with Crippen molar-refractivity contribution in [3.8, 4) is 0 Å². The number of aryl methyl sites for hydroxylation is 1. The monoisotopic (exact) mass is 226 g/mol. The quantitative estimate of drug-likeness (QED) is 0.852. The lowest BCUT2D eigenvalue weighted by Crippen LogP contribution is -2.05. The van der Waals surface area contributed by atoms with Crippen LogP contribution in [0.5, 0.6) is 0 Å². The van der Waals surface area contributed by atoms with Gasteiger partial charge in [0.05, 0.1) is 15.2 Å². The van der Waals surface area contributed by atoms with E-state index >= 15 is 0 Å². The summed E-state index contributed by atoms with van der Waals surface area (Å²) in [4.78, 5) is 4.49. The Kier molecular flexibility index (Phi) is 2.72. The summed E-state index contributed by atoms with van der Waals surface area (Å²) in [5, 5.41) is 4.99. The van der Waals surface area contributed by atoms with Crippen molar-refractivity contribution >= 4 is 33.2 Å². The van der Waals surface area contributed by atoms with Crippen molar-refractivity contribution in [3.63, 3.8) is 0 Å². The molecule has 0 spiro atoms. The molecule has 0 saturated heterocycles. The molecule has 1 N–H and O–H groups in total. The Labute approximate surface area is 91.9 Å². The molecule has 0 fully saturated rings. The lowest BCUT2D eigenvalue weighted by molar-refractivity contribution is 0.822. The number of hydrogen-bond donors (Lipinski definition) is 1. The summed E-state index contributed by atoms with van der Waals surface area (Å²) in [5.74, 6) is 0. The van der Waals surface area contributed by atoms with Crippen molar-refractivity contribution in [1.82, 2.24) is 10.3 Å². The fourth-order valence-corrected chi connectivity index (χ4v) is 2.72. The third-order valence-corrected chi connectivity index (χ3v) is 3.15. The summed E-state index contributed by atoms with van der Waals surface area (Å²) in [5.41, 5.74) is 2.24. The molecule has 0 atom stereocenters. The third kappa shape index (κ3) is 1.75. The number of benzene rings is 1. The lowest BCUT2D eigenvalue weighted by Gasteiger charge is -2.01. The lowest BCUT2D eigenvalue weighted by atomic mass is 10.2. The fourth-order valence-electron chi connectivity index (χ4n) is 1.50. The minimum absolute atomic E-state index is 0.784. The molecule has 2 nitrogen and oxygen atoms in total. The Morgan fingerprint density at radius 2 is 2.29 bits per heavy atom. The van der Waals surface area contributed by atoms with Crippen LogP contribution in [0.3, 0.4) is 0 Å². The Balaban J connectivity index is 2.66. The summed E-state index contributed by atoms with van der Waals surface area (Å²) in [6.45, 7) is 2.82. The van der Waals surface area contributed by atoms with Gasteiger partial charge in [0.15, 0.2) is 0 Å². The van der Waals surface area contributed by atoms with E-state index in [0.717, 1.165) is 22.1 Å². The number of halogens is 1. The first kappa shape index (κ1) is 9.90. The summed E-state index contributed by atoms with van der Waals surface area (Å²) >= 11 is 7.70. The zero-order chi connectivity index (χ0) is 10.1. The number of hydrogen-bond acceptors (Lipinski definition) is 3. The standard InChI is InChI=1S/C10H11ClN2S/c1-6-13-10-7(5-12-2)3-8(11)4-9(10)14-6/h3-4,12H,5H2,1-2H3. The molecule has 0 saturated carbocycles. The van der Waals surface area contributed by atoms with E-state index in [1.165, 1.54) is 10.3 Å². The average molecular weight is 227 g/mol. The highest BCUT2D eigenvalue weighted by molar-refractivity contribution is 7.18. The van der Waals surface area contributed by atoms with Crippen LogP contribution in [-0.2, 0) is 6.54 Å². The minimum atomic E-state index is 0.784. The number of thiazole rings is 1. The molecule has 0 unspecified atom stereocenters. The fraction of sp³-hybridized carbons (Fsp3) is 0.300. The van der Waals surface area contributed by atoms with E-state index in [1.54, 1.807) is 11.3 Å². The number of nitrogens with one attached hydrogen (secondary N) is 1. The van der Waals surface area contributed by atoms with Crippen LogP contribution in [-0.4, -0.2) is 12.0 Å². The highest BCUT2D eigenvalue weighted by Crippen LogP contribution is 2.28. The topological polar surface area (TPSA) is 24.9 Å². The first-order valence-electron chi connectivity index (χ1n) is 4.41. The van der Waals surface area contributed by atoms with E-state index in [-0.39, 0.29) is 0 Å². The van der Waals surface area contributed by atoms with Crippen LogP contribution < -0.4 is 5.32 Å². The maximum atomic E-state index is 6.02. The predicted octanol–water partition coefficient (Wildman–Crippen LogP) is 2.98. The Morgan fingerprint density at radius 3 is 3.00 bits per heavy atom. The first-order valence-corrected chi connectivity index (χ1v) is 5.60. The summed E-state index contributed by atoms with van der Waals surface area (Å²) in [6, 6.07) is 3.94. The molecule has 0 aliphatic heterocycles. The average Bonchev–Trinajstić information content (AvgIpc) is 2.45. The van der Waals surface area contributed by atoms with Crippen LogP contribution in [0.4, 0.5) is 0 Å². The van der Waals surface area contributed by atoms with Gasteiger partial charge in [0.2, 0.25) is 0 Å². The van der Waals surface area contributed by atoms with Gasteiger partial charge in [-0.2, -0.15) is 0 Å². The second-order valence-electron chi connectivity index (χ2n) is 3.17. The molecule has 2 aromatic rings. The molecule has 2 rings (SSSR count). The molecule has 0 aliphatic carbocycles. The summed E-state index contributed by atoms with van der Waals surface area (Å²) < 4.78 is 1.17. The van der Waals surface area contributed by atoms with Crippen LogP contribution in [0.25, 0.3) is 10.2 Å². The Bertz CT molecular complexity index is 464. The van der Waals surface area contributed by atoms with Gasteiger partial charge in [-0.3, -0.25) is 0 Å². The van der Waals surface area contributed by atoms with Gasteiger partial charge in [-0.1, -0.05) is 11.6 Å². The number of rotatable bonds is 2. The van der Waals surface area contributed by atoms with Gasteiger partial charge in [-0.15, -0.1) is 11.3 Å². The van der Waals surface area contributed by atoms with Crippen molar-refractivity contribution in [2.45, 2.75) is 13.5 Å². The zero-order valence-corrected chi connectivity index (χ0v) is 9.67. The normalized spacial score (nSPS) is 11.1. The van der Waals surface area contributed by atoms with Crippen molar-refractivity contribution in [1.29, 1.82) is 0 Å². The van der Waals surface area contributed by atoms with E-state index in [0.29, 0.717) is 0 Å². The highest BCUT2D eigenvalue weighted by atomic mass is 35.5. The molecule has 74 valence electrons. The Morgan fingerprint density at radius 1 is 1.50 bits per heavy atom. The van der Waals surface area contributed by atoms with Gasteiger partial charge in [-0.25, -0.2) is 4.98 Å². The van der Waals surface area contributed by atoms with E-state index in [4.69, 9.17) is 11.6 Å². The molecule has 1 aromatic carbocycles. The summed E-state index contributed by atoms with van der Waals surface area (Å²) in [6.07, 6.45) is 0. The van der Waals surface area contributed by atoms with Gasteiger partial charge < -0.3 is 5.32 Å². The second-order valence-corrected chi connectivity index (χ2v) is 4.85. The van der Waals surface area contributed by atoms with Crippen molar-refractivity contribution in [3.05, 3.63) is 27.7 Å². The van der Waals surface area contributed by atoms with Crippen molar-refractivity contribution in [2.75, 3.05) is 7.05 Å². The van der Waals surface area contributed by atoms with Gasteiger partial charge in [0.1, 0.15) is 0 Å². The number of fused-ring (bicyclic) bond motifs is 1. The first-order chi connectivity index (χ1) is 6.70. The minimum Gasteiger partial charge on any atom is -0.316 e. The van der Waals surface area contributed by atoms with Gasteiger partial charge in [-0.05, 0) is 31.7 Å². The second kappa shape index (κ2) is 3.85. The SMILES string of the molecule is CNCc1cc(Cl)cc2sc(C)nc12. The molecule has 0 bridgehead atoms. The van der Waals surface area contributed by atoms with Crippen LogP contribution in [0, 0.1) is 6.92 Å². The highest BCUT2D eigenvalue weighted by Gasteiger charge is 2.07. The van der Waals surface area contributed by atoms with Crippen molar-refractivity contribution < 1.29 is 0 Å². The smallest absolute Gasteiger partial charge is 0.0907 e. The molecule has 1 heterocycles. The number of nitrogens with zero attached hydrogens (tertiary/aromatic N) is 1. The van der Waals surface area contributed by atoms with Crippen molar-refractivity contribution in [2.24, 2.45) is 0 Å². The van der Waals surface area contributed by atoms with Crippen LogP contribution in [0.15, 0.2) is 12.1 Å². The maximum absolute atomic E-state index is 6.02. The maximum Gasteiger partial charge on any atom is 0.0907 e. The molecule has 1 aromatic heterocycles. The van der Waals surface area contributed by atoms with E-state index in [2.05, 4.69) is 10.3 Å². The molecule has 14 heavy (non-hydrogen) atoms. The van der Waals surface area contributed by atoms with Gasteiger partial charge in [0.25, 0.3) is 0 Å². The predicted molar refractivity (Wildman–Crippen MR) is 62.1 cm³/mol. The molecule has 0 radical (unpaired) electrons. The zero-order valence-electron chi connectivity index (χ0n) is 8.10. The van der Waals surface area contributed by atoms with Gasteiger partial charge in [0, 0.05) is 11.6 Å². The summed E-state index contributed by atoms with van der Waals surface area (Å²) in [7, 11) is 1.92. The molecule has 0 aliphatic rings. The third-order valence-electron chi connectivity index (χ3n) is 2.01. The van der Waals surface area contributed by atoms with E-state index in [1.807, 2.05) is 26.1 Å². The van der Waals surface area contributed by atoms with Crippen LogP contribution in [0.2, 0.25) is 5.02 Å². The van der Waals surface area contributed by atoms with E-state index in [9.17, 15) is 0 Å². The molecule has 4 heteroatoms. The van der Waals surface area contributed by atoms with Gasteiger partial charge >= 0.3 is 0 Å². The largest absolute Gasteiger partial charge is 0.316 e. The van der Waals surface area contributed by atoms with E-state index < -0.39 is 0 Å². The van der Waals surface area contributed by atoms with Crippen LogP contribution in [0.1, 0.15) is 10.6 Å². The molecule has 0 amide bonds. The molecular formula is C10H11ClN2S. The number of aromatic nitrogens is 1.